The van der Waals surface area contributed by atoms with Gasteiger partial charge in [-0.2, -0.15) is 0 Å². The SMILES string of the molecule is CC(CN(C)c1ncc(I)cn1)C(N)=NO. The van der Waals surface area contributed by atoms with Gasteiger partial charge >= 0.3 is 0 Å². The zero-order valence-corrected chi connectivity index (χ0v) is 11.3. The highest BCUT2D eigenvalue weighted by molar-refractivity contribution is 14.1. The molecule has 1 unspecified atom stereocenters. The Hall–Kier alpha value is -1.12. The van der Waals surface area contributed by atoms with Crippen LogP contribution in [0.15, 0.2) is 17.5 Å². The number of halogens is 1. The molecule has 7 heteroatoms. The maximum atomic E-state index is 8.54. The fourth-order valence-electron chi connectivity index (χ4n) is 1.19. The van der Waals surface area contributed by atoms with Gasteiger partial charge in [0.2, 0.25) is 5.95 Å². The van der Waals surface area contributed by atoms with Crippen molar-refractivity contribution in [3.05, 3.63) is 16.0 Å². The topological polar surface area (TPSA) is 87.6 Å². The Bertz CT molecular complexity index is 367. The number of nitrogens with two attached hydrogens (primary N) is 1. The van der Waals surface area contributed by atoms with Crippen LogP contribution in [-0.2, 0) is 0 Å². The monoisotopic (exact) mass is 335 g/mol. The second-order valence-corrected chi connectivity index (χ2v) is 4.75. The van der Waals surface area contributed by atoms with Gasteiger partial charge in [-0.3, -0.25) is 0 Å². The molecule has 0 saturated carbocycles. The molecule has 0 radical (unpaired) electrons. The van der Waals surface area contributed by atoms with Gasteiger partial charge in [-0.05, 0) is 22.6 Å². The summed E-state index contributed by atoms with van der Waals surface area (Å²) < 4.78 is 0.985. The molecule has 0 amide bonds. The van der Waals surface area contributed by atoms with Crippen LogP contribution in [0.2, 0.25) is 0 Å². The van der Waals surface area contributed by atoms with Gasteiger partial charge in [-0.25, -0.2) is 9.97 Å². The number of anilines is 1. The number of rotatable bonds is 4. The third-order valence-electron chi connectivity index (χ3n) is 2.12. The van der Waals surface area contributed by atoms with Crippen LogP contribution in [-0.4, -0.2) is 34.6 Å². The fourth-order valence-corrected chi connectivity index (χ4v) is 1.47. The van der Waals surface area contributed by atoms with Gasteiger partial charge < -0.3 is 15.8 Å². The van der Waals surface area contributed by atoms with Crippen LogP contribution in [0.4, 0.5) is 5.95 Å². The van der Waals surface area contributed by atoms with Crippen molar-refractivity contribution in [1.29, 1.82) is 0 Å². The first-order chi connectivity index (χ1) is 7.54. The van der Waals surface area contributed by atoms with E-state index >= 15 is 0 Å². The minimum Gasteiger partial charge on any atom is -0.409 e. The Balaban J connectivity index is 2.65. The van der Waals surface area contributed by atoms with E-state index in [4.69, 9.17) is 10.9 Å². The van der Waals surface area contributed by atoms with Crippen molar-refractivity contribution in [2.45, 2.75) is 6.92 Å². The molecule has 0 aliphatic carbocycles. The molecule has 0 saturated heterocycles. The van der Waals surface area contributed by atoms with E-state index in [2.05, 4.69) is 37.7 Å². The van der Waals surface area contributed by atoms with Gasteiger partial charge in [0.15, 0.2) is 0 Å². The quantitative estimate of drug-likeness (QED) is 0.281. The fraction of sp³-hybridized carbons (Fsp3) is 0.444. The number of nitrogens with zero attached hydrogens (tertiary/aromatic N) is 4. The summed E-state index contributed by atoms with van der Waals surface area (Å²) in [6, 6.07) is 0. The van der Waals surface area contributed by atoms with Gasteiger partial charge in [-0.1, -0.05) is 12.1 Å². The molecular formula is C9H14IN5O. The molecule has 0 spiro atoms. The highest BCUT2D eigenvalue weighted by Gasteiger charge is 2.12. The van der Waals surface area contributed by atoms with Crippen molar-refractivity contribution in [3.8, 4) is 0 Å². The number of oxime groups is 1. The van der Waals surface area contributed by atoms with Crippen LogP contribution in [0.3, 0.4) is 0 Å². The summed E-state index contributed by atoms with van der Waals surface area (Å²) in [5, 5.41) is 11.5. The Labute approximate surface area is 108 Å². The molecule has 6 nitrogen and oxygen atoms in total. The number of hydrogen-bond acceptors (Lipinski definition) is 5. The summed E-state index contributed by atoms with van der Waals surface area (Å²) in [6.45, 7) is 2.47. The predicted octanol–water partition coefficient (Wildman–Crippen LogP) is 0.900. The molecule has 1 heterocycles. The Morgan fingerprint density at radius 1 is 1.62 bits per heavy atom. The van der Waals surface area contributed by atoms with Crippen LogP contribution in [0.5, 0.6) is 0 Å². The average molecular weight is 335 g/mol. The molecule has 0 bridgehead atoms. The molecule has 1 atom stereocenters. The van der Waals surface area contributed by atoms with Gasteiger partial charge in [-0.15, -0.1) is 0 Å². The van der Waals surface area contributed by atoms with Crippen molar-refractivity contribution in [3.63, 3.8) is 0 Å². The minimum absolute atomic E-state index is 0.0575. The van der Waals surface area contributed by atoms with E-state index in [-0.39, 0.29) is 11.8 Å². The van der Waals surface area contributed by atoms with Crippen LogP contribution >= 0.6 is 22.6 Å². The van der Waals surface area contributed by atoms with E-state index in [0.717, 1.165) is 3.57 Å². The zero-order chi connectivity index (χ0) is 12.1. The Kier molecular flexibility index (Phi) is 4.71. The van der Waals surface area contributed by atoms with E-state index in [9.17, 15) is 0 Å². The lowest BCUT2D eigenvalue weighted by Gasteiger charge is -2.20. The maximum Gasteiger partial charge on any atom is 0.225 e. The summed E-state index contributed by atoms with van der Waals surface area (Å²) >= 11 is 2.15. The first kappa shape index (κ1) is 12.9. The van der Waals surface area contributed by atoms with Crippen molar-refractivity contribution in [2.24, 2.45) is 16.8 Å². The number of aromatic nitrogens is 2. The molecule has 0 aromatic carbocycles. The molecule has 1 aromatic heterocycles. The van der Waals surface area contributed by atoms with E-state index in [1.54, 1.807) is 12.4 Å². The first-order valence-corrected chi connectivity index (χ1v) is 5.78. The highest BCUT2D eigenvalue weighted by atomic mass is 127. The lowest BCUT2D eigenvalue weighted by atomic mass is 10.1. The van der Waals surface area contributed by atoms with Crippen LogP contribution in [0.1, 0.15) is 6.92 Å². The molecule has 1 aromatic rings. The van der Waals surface area contributed by atoms with E-state index in [0.29, 0.717) is 12.5 Å². The van der Waals surface area contributed by atoms with Gasteiger partial charge in [0, 0.05) is 35.5 Å². The van der Waals surface area contributed by atoms with Crippen molar-refractivity contribution in [2.75, 3.05) is 18.5 Å². The van der Waals surface area contributed by atoms with Crippen molar-refractivity contribution >= 4 is 34.4 Å². The van der Waals surface area contributed by atoms with Gasteiger partial charge in [0.05, 0.1) is 0 Å². The zero-order valence-electron chi connectivity index (χ0n) is 9.13. The second kappa shape index (κ2) is 5.83. The third kappa shape index (κ3) is 3.47. The smallest absolute Gasteiger partial charge is 0.225 e. The third-order valence-corrected chi connectivity index (χ3v) is 2.67. The summed E-state index contributed by atoms with van der Waals surface area (Å²) in [4.78, 5) is 10.2. The number of hydrogen-bond donors (Lipinski definition) is 2. The summed E-state index contributed by atoms with van der Waals surface area (Å²) in [7, 11) is 1.86. The van der Waals surface area contributed by atoms with E-state index < -0.39 is 0 Å². The Morgan fingerprint density at radius 2 is 2.19 bits per heavy atom. The Morgan fingerprint density at radius 3 is 2.69 bits per heavy atom. The molecule has 0 aliphatic rings. The van der Waals surface area contributed by atoms with Crippen LogP contribution in [0, 0.1) is 9.49 Å². The molecular weight excluding hydrogens is 321 g/mol. The molecule has 1 rings (SSSR count). The molecule has 16 heavy (non-hydrogen) atoms. The molecule has 88 valence electrons. The van der Waals surface area contributed by atoms with E-state index in [1.807, 2.05) is 18.9 Å². The number of amidine groups is 1. The lowest BCUT2D eigenvalue weighted by molar-refractivity contribution is 0.314. The predicted molar refractivity (Wildman–Crippen MR) is 70.6 cm³/mol. The van der Waals surface area contributed by atoms with E-state index in [1.165, 1.54) is 0 Å². The molecule has 3 N–H and O–H groups in total. The highest BCUT2D eigenvalue weighted by Crippen LogP contribution is 2.09. The normalized spacial score (nSPS) is 13.6. The second-order valence-electron chi connectivity index (χ2n) is 3.51. The summed E-state index contributed by atoms with van der Waals surface area (Å²) in [6.07, 6.45) is 3.49. The maximum absolute atomic E-state index is 8.54. The van der Waals surface area contributed by atoms with Gasteiger partial charge in [0.1, 0.15) is 5.84 Å². The average Bonchev–Trinajstić information content (AvgIpc) is 2.28. The summed E-state index contributed by atoms with van der Waals surface area (Å²) in [5.41, 5.74) is 5.50. The molecule has 0 aliphatic heterocycles. The van der Waals surface area contributed by atoms with Crippen LogP contribution in [0.25, 0.3) is 0 Å². The van der Waals surface area contributed by atoms with Crippen LogP contribution < -0.4 is 10.6 Å². The van der Waals surface area contributed by atoms with Crippen molar-refractivity contribution < 1.29 is 5.21 Å². The standard InChI is InChI=1S/C9H14IN5O/c1-6(8(11)14-16)5-15(2)9-12-3-7(10)4-13-9/h3-4,6,16H,5H2,1-2H3,(H2,11,14). The largest absolute Gasteiger partial charge is 0.409 e. The minimum atomic E-state index is -0.0575. The summed E-state index contributed by atoms with van der Waals surface area (Å²) in [5.74, 6) is 0.772. The lowest BCUT2D eigenvalue weighted by Crippen LogP contribution is -2.33. The van der Waals surface area contributed by atoms with Crippen molar-refractivity contribution in [1.82, 2.24) is 9.97 Å². The molecule has 0 fully saturated rings. The van der Waals surface area contributed by atoms with Gasteiger partial charge in [0.25, 0.3) is 0 Å². The first-order valence-electron chi connectivity index (χ1n) is 4.70.